The van der Waals surface area contributed by atoms with E-state index in [-0.39, 0.29) is 0 Å². The average Bonchev–Trinajstić information content (AvgIpc) is 3.76. The zero-order valence-electron chi connectivity index (χ0n) is 24.3. The maximum atomic E-state index is 15.3. The summed E-state index contributed by atoms with van der Waals surface area (Å²) < 4.78 is 225. The molecule has 24 heteroatoms. The summed E-state index contributed by atoms with van der Waals surface area (Å²) in [5, 5.41) is 20.5. The fourth-order valence-electron chi connectivity index (χ4n) is 4.95. The minimum absolute atomic E-state index is 0.985. The molecule has 0 bridgehead atoms. The zero-order chi connectivity index (χ0) is 41.5. The molecule has 0 spiro atoms. The van der Waals surface area contributed by atoms with Gasteiger partial charge in [-0.1, -0.05) is 58.0 Å². The monoisotopic (exact) mass is 881 g/mol. The number of benzene rings is 3. The molecule has 3 aromatic rings. The molecule has 3 nitrogen and oxygen atoms in total. The van der Waals surface area contributed by atoms with Gasteiger partial charge in [0.15, 0.2) is 40.7 Å². The van der Waals surface area contributed by atoms with Gasteiger partial charge in [-0.3, -0.25) is 0 Å². The van der Waals surface area contributed by atoms with E-state index < -0.39 is 151 Å². The Kier molecular flexibility index (Phi) is 11.1. The normalized spacial score (nSPS) is 16.1. The molecule has 0 unspecified atom stereocenters. The molecule has 4 rings (SSSR count). The molecule has 0 aromatic heterocycles. The lowest BCUT2D eigenvalue weighted by Gasteiger charge is -2.15. The van der Waals surface area contributed by atoms with Crippen LogP contribution in [0.1, 0.15) is 33.4 Å². The van der Waals surface area contributed by atoms with Gasteiger partial charge in [0.2, 0.25) is 0 Å². The van der Waals surface area contributed by atoms with Crippen molar-refractivity contribution in [2.45, 2.75) is 18.5 Å². The first-order valence-electron chi connectivity index (χ1n) is 12.9. The van der Waals surface area contributed by atoms with Crippen LogP contribution in [0.5, 0.6) is 0 Å². The Morgan fingerprint density at radius 1 is 0.352 bits per heavy atom. The molecule has 1 aliphatic carbocycles. The summed E-state index contributed by atoms with van der Waals surface area (Å²) in [7, 11) is 0. The van der Waals surface area contributed by atoms with Gasteiger partial charge in [-0.2, -0.15) is 55.3 Å². The van der Waals surface area contributed by atoms with E-state index in [1.54, 1.807) is 0 Å². The van der Waals surface area contributed by atoms with Gasteiger partial charge in [-0.15, -0.1) is 0 Å². The Morgan fingerprint density at radius 2 is 0.556 bits per heavy atom. The van der Waals surface area contributed by atoms with Crippen molar-refractivity contribution in [1.82, 2.24) is 0 Å². The molecule has 1 fully saturated rings. The number of rotatable bonds is 3. The second-order valence-electron chi connectivity index (χ2n) is 10.1. The van der Waals surface area contributed by atoms with Crippen LogP contribution in [0.3, 0.4) is 0 Å². The van der Waals surface area contributed by atoms with Crippen LogP contribution in [0.2, 0.25) is 25.1 Å². The minimum Gasteiger partial charge on any atom is -0.205 e. The Bertz CT molecular complexity index is 2090. The molecule has 3 aromatic carbocycles. The van der Waals surface area contributed by atoms with E-state index in [0.29, 0.717) is 0 Å². The van der Waals surface area contributed by atoms with Gasteiger partial charge < -0.3 is 0 Å². The number of nitriles is 3. The highest BCUT2D eigenvalue weighted by atomic mass is 35.5. The van der Waals surface area contributed by atoms with Crippen LogP contribution in [0, 0.1) is 74.7 Å². The summed E-state index contributed by atoms with van der Waals surface area (Å²) >= 11 is 28.3. The van der Waals surface area contributed by atoms with Crippen LogP contribution >= 0.6 is 58.0 Å². The molecule has 282 valence electrons. The molecule has 1 saturated carbocycles. The van der Waals surface area contributed by atoms with Gasteiger partial charge >= 0.3 is 18.5 Å². The minimum atomic E-state index is -6.01. The van der Waals surface area contributed by atoms with E-state index in [1.165, 1.54) is 0 Å². The maximum Gasteiger partial charge on any atom is 0.422 e. The van der Waals surface area contributed by atoms with E-state index in [0.717, 1.165) is 18.2 Å². The van der Waals surface area contributed by atoms with Gasteiger partial charge in [0.05, 0.1) is 47.4 Å². The third-order valence-electron chi connectivity index (χ3n) is 7.16. The third kappa shape index (κ3) is 6.58. The van der Waals surface area contributed by atoms with Crippen LogP contribution in [0.25, 0.3) is 16.7 Å². The van der Waals surface area contributed by atoms with Crippen molar-refractivity contribution < 1.29 is 70.2 Å². The number of halogens is 21. The standard InChI is InChI=1S/C30Cl5F16N3/c31-16-10(17(32)23(38)13(22(16)37)28(43,44)45)4(1-52)7-8(5(2-53)11-18(33)24(39)14(29(46,47)48)25(40)19(11)34)9(7)6(3-54)12-20(35)26(41)15(30(49,50)51)27(42)21(12)36/b7-4+,8-5?,9-6+. The first kappa shape index (κ1) is 42.4. The lowest BCUT2D eigenvalue weighted by molar-refractivity contribution is -0.143. The summed E-state index contributed by atoms with van der Waals surface area (Å²) in [5.41, 5.74) is -22.5. The predicted octanol–water partition coefficient (Wildman–Crippen LogP) is 13.2. The van der Waals surface area contributed by atoms with Gasteiger partial charge in [0, 0.05) is 27.8 Å². The second-order valence-corrected chi connectivity index (χ2v) is 12.0. The first-order valence-corrected chi connectivity index (χ1v) is 14.8. The van der Waals surface area contributed by atoms with Crippen LogP contribution < -0.4 is 0 Å². The Labute approximate surface area is 312 Å². The lowest BCUT2D eigenvalue weighted by Crippen LogP contribution is -2.15. The highest BCUT2D eigenvalue weighted by Crippen LogP contribution is 2.60. The highest BCUT2D eigenvalue weighted by Gasteiger charge is 2.49. The summed E-state index contributed by atoms with van der Waals surface area (Å²) in [5.74, 6) is -19.3. The van der Waals surface area contributed by atoms with Crippen molar-refractivity contribution >= 4 is 74.7 Å². The maximum absolute atomic E-state index is 15.3. The quantitative estimate of drug-likeness (QED) is 0.149. The first-order chi connectivity index (χ1) is 24.6. The summed E-state index contributed by atoms with van der Waals surface area (Å²) in [4.78, 5) is 0. The molecule has 1 aliphatic rings. The fraction of sp³-hybridized carbons (Fsp3) is 0.100. The van der Waals surface area contributed by atoms with Gasteiger partial charge in [-0.25, -0.2) is 30.7 Å². The molecule has 0 heterocycles. The molecule has 54 heavy (non-hydrogen) atoms. The Hall–Kier alpha value is -4.32. The van der Waals surface area contributed by atoms with Crippen molar-refractivity contribution in [1.29, 1.82) is 15.8 Å². The number of hydrogen-bond acceptors (Lipinski definition) is 3. The van der Waals surface area contributed by atoms with Crippen LogP contribution in [-0.4, -0.2) is 0 Å². The largest absolute Gasteiger partial charge is 0.422 e. The smallest absolute Gasteiger partial charge is 0.205 e. The van der Waals surface area contributed by atoms with E-state index in [4.69, 9.17) is 58.0 Å². The van der Waals surface area contributed by atoms with Crippen molar-refractivity contribution in [3.05, 3.63) is 116 Å². The fourth-order valence-corrected chi connectivity index (χ4v) is 6.45. The van der Waals surface area contributed by atoms with E-state index in [2.05, 4.69) is 0 Å². The van der Waals surface area contributed by atoms with Crippen LogP contribution in [-0.2, 0) is 18.5 Å². The molecule has 0 N–H and O–H groups in total. The van der Waals surface area contributed by atoms with Gasteiger partial charge in [0.25, 0.3) is 0 Å². The van der Waals surface area contributed by atoms with Gasteiger partial charge in [0.1, 0.15) is 34.9 Å². The molecule has 0 saturated heterocycles. The summed E-state index contributed by atoms with van der Waals surface area (Å²) in [6.07, 6.45) is -17.8. The second kappa shape index (κ2) is 14.1. The van der Waals surface area contributed by atoms with E-state index in [1.807, 2.05) is 0 Å². The van der Waals surface area contributed by atoms with Crippen molar-refractivity contribution in [2.75, 3.05) is 0 Å². The Balaban J connectivity index is 2.38. The van der Waals surface area contributed by atoms with Crippen LogP contribution in [0.15, 0.2) is 16.7 Å². The van der Waals surface area contributed by atoms with Crippen molar-refractivity contribution in [2.24, 2.45) is 0 Å². The van der Waals surface area contributed by atoms with E-state index >= 15 is 4.39 Å². The summed E-state index contributed by atoms with van der Waals surface area (Å²) in [6.45, 7) is 0. The van der Waals surface area contributed by atoms with Crippen molar-refractivity contribution in [3.8, 4) is 18.2 Å². The predicted molar refractivity (Wildman–Crippen MR) is 157 cm³/mol. The number of hydrogen-bond donors (Lipinski definition) is 0. The topological polar surface area (TPSA) is 71.4 Å². The molecular weight excluding hydrogens is 884 g/mol. The average molecular weight is 884 g/mol. The number of allylic oxidation sites excluding steroid dienone is 6. The third-order valence-corrected chi connectivity index (χ3v) is 8.94. The summed E-state index contributed by atoms with van der Waals surface area (Å²) in [6, 6.07) is 3.14. The Morgan fingerprint density at radius 3 is 0.778 bits per heavy atom. The molecule has 0 amide bonds. The SMILES string of the molecule is N#CC(=C1C(=C(\C#N)c2c(F)c(F)c(C(F)(F)F)c(F)c2Cl)/C1=C(\C#N)c1c(Cl)c(F)c(C(F)(F)F)c(F)c1Cl)c1c(Cl)c(F)c(C(F)(F)F)c(F)c1Cl. The number of nitrogens with zero attached hydrogens (tertiary/aromatic N) is 3. The molecular formula is C30Cl5F16N3. The van der Waals surface area contributed by atoms with Crippen molar-refractivity contribution in [3.63, 3.8) is 0 Å². The highest BCUT2D eigenvalue weighted by molar-refractivity contribution is 6.40. The zero-order valence-corrected chi connectivity index (χ0v) is 28.1. The van der Waals surface area contributed by atoms with Crippen LogP contribution in [0.4, 0.5) is 70.2 Å². The van der Waals surface area contributed by atoms with Gasteiger partial charge in [-0.05, 0) is 0 Å². The molecule has 0 radical (unpaired) electrons. The van der Waals surface area contributed by atoms with E-state index in [9.17, 15) is 81.6 Å². The molecule has 0 atom stereocenters. The lowest BCUT2D eigenvalue weighted by atomic mass is 9.99. The molecule has 0 aliphatic heterocycles. The number of alkyl halides is 9.